The fourth-order valence-electron chi connectivity index (χ4n) is 1.05. The third-order valence-electron chi connectivity index (χ3n) is 1.79. The summed E-state index contributed by atoms with van der Waals surface area (Å²) < 4.78 is 0. The summed E-state index contributed by atoms with van der Waals surface area (Å²) >= 11 is 6.06. The minimum Gasteiger partial charge on any atom is -0.275 e. The van der Waals surface area contributed by atoms with Crippen molar-refractivity contribution in [1.29, 1.82) is 0 Å². The Labute approximate surface area is 83.4 Å². The first kappa shape index (κ1) is 10.5. The van der Waals surface area contributed by atoms with Gasteiger partial charge in [0, 0.05) is 6.20 Å². The summed E-state index contributed by atoms with van der Waals surface area (Å²) in [6.45, 7) is 3.03. The molecule has 0 saturated carbocycles. The van der Waals surface area contributed by atoms with Crippen molar-refractivity contribution in [2.45, 2.75) is 31.3 Å². The average Bonchev–Trinajstić information content (AvgIpc) is 2.14. The van der Waals surface area contributed by atoms with Gasteiger partial charge in [0.05, 0.1) is 0 Å². The Balaban J connectivity index is 2.22. The Morgan fingerprint density at radius 3 is 3.00 bits per heavy atom. The smallest absolute Gasteiger partial charge is 0.229 e. The first-order valence-corrected chi connectivity index (χ1v) is 4.94. The molecule has 0 aromatic heterocycles. The summed E-state index contributed by atoms with van der Waals surface area (Å²) in [5.74, 6) is 0. The van der Waals surface area contributed by atoms with Gasteiger partial charge < -0.3 is 0 Å². The number of alkyl halides is 1. The number of halogens is 1. The average molecular weight is 203 g/mol. The van der Waals surface area contributed by atoms with E-state index in [-0.39, 0.29) is 0 Å². The van der Waals surface area contributed by atoms with Gasteiger partial charge in [0.25, 0.3) is 0 Å². The molecule has 1 unspecified atom stereocenters. The lowest BCUT2D eigenvalue weighted by Crippen LogP contribution is -2.38. The highest BCUT2D eigenvalue weighted by molar-refractivity contribution is 6.24. The minimum absolute atomic E-state index is 0.834. The van der Waals surface area contributed by atoms with Gasteiger partial charge in [-0.2, -0.15) is 0 Å². The van der Waals surface area contributed by atoms with Crippen molar-refractivity contribution in [2.75, 3.05) is 6.54 Å². The van der Waals surface area contributed by atoms with Gasteiger partial charge in [-0.15, -0.1) is 5.11 Å². The summed E-state index contributed by atoms with van der Waals surface area (Å²) in [4.78, 5) is 0. The van der Waals surface area contributed by atoms with Gasteiger partial charge in [0.15, 0.2) is 0 Å². The molecule has 1 atom stereocenters. The highest BCUT2D eigenvalue weighted by Crippen LogP contribution is 2.17. The second kappa shape index (κ2) is 5.19. The molecule has 1 heterocycles. The molecular formula is C8H15ClN4. The Kier molecular flexibility index (Phi) is 4.18. The summed E-state index contributed by atoms with van der Waals surface area (Å²) in [7, 11) is 0. The van der Waals surface area contributed by atoms with E-state index in [1.54, 1.807) is 12.3 Å². The van der Waals surface area contributed by atoms with E-state index >= 15 is 0 Å². The molecule has 13 heavy (non-hydrogen) atoms. The van der Waals surface area contributed by atoms with Crippen LogP contribution in [0.4, 0.5) is 0 Å². The zero-order valence-corrected chi connectivity index (χ0v) is 8.51. The quantitative estimate of drug-likeness (QED) is 0.408. The van der Waals surface area contributed by atoms with E-state index in [0.717, 1.165) is 13.0 Å². The van der Waals surface area contributed by atoms with E-state index in [0.29, 0.717) is 0 Å². The van der Waals surface area contributed by atoms with Crippen LogP contribution in [-0.4, -0.2) is 11.7 Å². The van der Waals surface area contributed by atoms with Crippen LogP contribution >= 0.6 is 11.6 Å². The molecule has 1 aliphatic rings. The van der Waals surface area contributed by atoms with E-state index < -0.39 is 5.12 Å². The highest BCUT2D eigenvalue weighted by atomic mass is 35.5. The normalized spacial score (nSPS) is 26.0. The fourth-order valence-corrected chi connectivity index (χ4v) is 1.24. The van der Waals surface area contributed by atoms with Crippen LogP contribution in [0.1, 0.15) is 26.2 Å². The Morgan fingerprint density at radius 2 is 2.38 bits per heavy atom. The van der Waals surface area contributed by atoms with Gasteiger partial charge >= 0.3 is 0 Å². The Hall–Kier alpha value is -0.610. The lowest BCUT2D eigenvalue weighted by Gasteiger charge is -2.20. The van der Waals surface area contributed by atoms with Gasteiger partial charge in [-0.25, -0.2) is 0 Å². The van der Waals surface area contributed by atoms with Crippen LogP contribution in [0.5, 0.6) is 0 Å². The fraction of sp³-hybridized carbons (Fsp3) is 0.750. The molecule has 2 N–H and O–H groups in total. The lowest BCUT2D eigenvalue weighted by atomic mass is 10.2. The summed E-state index contributed by atoms with van der Waals surface area (Å²) in [5.41, 5.74) is 2.59. The van der Waals surface area contributed by atoms with Gasteiger partial charge in [0.1, 0.15) is 0 Å². The van der Waals surface area contributed by atoms with Gasteiger partial charge in [-0.3, -0.25) is 10.7 Å². The number of hydrogen-bond acceptors (Lipinski definition) is 4. The molecule has 0 aromatic carbocycles. The standard InChI is InChI=1S/C8H15ClN4/c1-2-3-4-6-10-8(9)5-7-11-13-12-8/h5,7,10H,2-4,6H2,1H3,(H,11,12). The largest absolute Gasteiger partial charge is 0.275 e. The third-order valence-corrected chi connectivity index (χ3v) is 2.12. The molecule has 0 aromatic rings. The number of rotatable bonds is 5. The van der Waals surface area contributed by atoms with Crippen LogP contribution < -0.4 is 10.7 Å². The number of nitrogens with zero attached hydrogens (tertiary/aromatic N) is 2. The third kappa shape index (κ3) is 3.74. The molecule has 1 rings (SSSR count). The van der Waals surface area contributed by atoms with E-state index in [9.17, 15) is 0 Å². The van der Waals surface area contributed by atoms with E-state index in [2.05, 4.69) is 28.0 Å². The molecule has 0 aliphatic carbocycles. The maximum absolute atomic E-state index is 6.06. The lowest BCUT2D eigenvalue weighted by molar-refractivity contribution is 0.490. The van der Waals surface area contributed by atoms with Crippen molar-refractivity contribution in [1.82, 2.24) is 10.7 Å². The number of hydrogen-bond donors (Lipinski definition) is 2. The molecule has 0 radical (unpaired) electrons. The first-order valence-electron chi connectivity index (χ1n) is 4.56. The maximum Gasteiger partial charge on any atom is 0.229 e. The second-order valence-electron chi connectivity index (χ2n) is 2.97. The molecule has 0 fully saturated rings. The number of unbranched alkanes of at least 4 members (excludes halogenated alkanes) is 2. The van der Waals surface area contributed by atoms with Crippen LogP contribution in [0.2, 0.25) is 0 Å². The number of nitrogens with one attached hydrogen (secondary N) is 2. The topological polar surface area (TPSA) is 48.8 Å². The first-order chi connectivity index (χ1) is 6.27. The molecular weight excluding hydrogens is 188 g/mol. The minimum atomic E-state index is -0.834. The van der Waals surface area contributed by atoms with Gasteiger partial charge in [0.2, 0.25) is 5.12 Å². The molecule has 0 saturated heterocycles. The zero-order chi connectivity index (χ0) is 9.57. The van der Waals surface area contributed by atoms with E-state index in [1.165, 1.54) is 12.8 Å². The van der Waals surface area contributed by atoms with Crippen LogP contribution in [0.3, 0.4) is 0 Å². The summed E-state index contributed by atoms with van der Waals surface area (Å²) in [6.07, 6.45) is 6.94. The summed E-state index contributed by atoms with van der Waals surface area (Å²) in [6, 6.07) is 0. The molecule has 1 aliphatic heterocycles. The van der Waals surface area contributed by atoms with Gasteiger partial charge in [-0.05, 0) is 19.0 Å². The molecule has 4 nitrogen and oxygen atoms in total. The Bertz CT molecular complexity index is 190. The van der Waals surface area contributed by atoms with Crippen LogP contribution in [0, 0.1) is 0 Å². The van der Waals surface area contributed by atoms with E-state index in [4.69, 9.17) is 11.6 Å². The van der Waals surface area contributed by atoms with Crippen LogP contribution in [0.25, 0.3) is 0 Å². The Morgan fingerprint density at radius 1 is 1.54 bits per heavy atom. The van der Waals surface area contributed by atoms with Crippen molar-refractivity contribution in [2.24, 2.45) is 10.3 Å². The van der Waals surface area contributed by atoms with Crippen molar-refractivity contribution in [3.8, 4) is 0 Å². The van der Waals surface area contributed by atoms with Crippen molar-refractivity contribution in [3.63, 3.8) is 0 Å². The predicted molar refractivity (Wildman–Crippen MR) is 53.2 cm³/mol. The second-order valence-corrected chi connectivity index (χ2v) is 3.55. The predicted octanol–water partition coefficient (Wildman–Crippen LogP) is 2.14. The van der Waals surface area contributed by atoms with Crippen LogP contribution in [0.15, 0.2) is 22.6 Å². The molecule has 0 amide bonds. The summed E-state index contributed by atoms with van der Waals surface area (Å²) in [5, 5.41) is 9.74. The van der Waals surface area contributed by atoms with Crippen LogP contribution in [-0.2, 0) is 0 Å². The SMILES string of the molecule is CCCCCNC1(Cl)C=CNN=N1. The maximum atomic E-state index is 6.06. The van der Waals surface area contributed by atoms with Gasteiger partial charge in [-0.1, -0.05) is 36.6 Å². The molecule has 74 valence electrons. The zero-order valence-electron chi connectivity index (χ0n) is 7.76. The monoisotopic (exact) mass is 202 g/mol. The van der Waals surface area contributed by atoms with Crippen molar-refractivity contribution in [3.05, 3.63) is 12.3 Å². The molecule has 0 bridgehead atoms. The highest BCUT2D eigenvalue weighted by Gasteiger charge is 2.23. The van der Waals surface area contributed by atoms with Crippen molar-refractivity contribution >= 4 is 11.6 Å². The van der Waals surface area contributed by atoms with Crippen molar-refractivity contribution < 1.29 is 0 Å². The molecule has 0 spiro atoms. The van der Waals surface area contributed by atoms with E-state index in [1.807, 2.05) is 0 Å². The molecule has 5 heteroatoms.